The molecule has 0 N–H and O–H groups in total. The molecule has 54 heavy (non-hydrogen) atoms. The summed E-state index contributed by atoms with van der Waals surface area (Å²) < 4.78 is 27.8. The smallest absolute Gasteiger partial charge is 0.0836 e. The Hall–Kier alpha value is 1.07. The molecule has 13 unspecified atom stereocenters. The molecule has 0 spiro atoms. The molecule has 0 aliphatic heterocycles. The summed E-state index contributed by atoms with van der Waals surface area (Å²) in [7, 11) is 15.7. The third kappa shape index (κ3) is 41.2. The first-order chi connectivity index (χ1) is 26.3. The third-order valence-electron chi connectivity index (χ3n) is 7.32. The fraction of sp³-hybridized carbons (Fsp3) is 0.500. The molecule has 0 rings (SSSR count). The van der Waals surface area contributed by atoms with E-state index in [0.717, 1.165) is 44.9 Å². The highest BCUT2D eigenvalue weighted by Crippen LogP contribution is 2.54. The van der Waals surface area contributed by atoms with E-state index in [9.17, 15) is 0 Å². The molecule has 0 fully saturated rings. The summed E-state index contributed by atoms with van der Waals surface area (Å²) in [6, 6.07) is 0. The van der Waals surface area contributed by atoms with Gasteiger partial charge in [0.2, 0.25) is 0 Å². The van der Waals surface area contributed by atoms with Crippen molar-refractivity contribution < 1.29 is 22.6 Å². The van der Waals surface area contributed by atoms with Crippen LogP contribution in [0.1, 0.15) is 98.3 Å². The van der Waals surface area contributed by atoms with Gasteiger partial charge in [0.1, 0.15) is 0 Å². The van der Waals surface area contributed by atoms with E-state index in [0.29, 0.717) is 17.0 Å². The summed E-state index contributed by atoms with van der Waals surface area (Å²) in [5.41, 5.74) is 0. The first-order valence-corrected chi connectivity index (χ1v) is 29.8. The maximum absolute atomic E-state index is 5.80. The number of rotatable bonds is 32. The summed E-state index contributed by atoms with van der Waals surface area (Å²) in [6.45, 7) is 8.65. The van der Waals surface area contributed by atoms with Gasteiger partial charge in [-0.15, -0.1) is 0 Å². The molecule has 0 heterocycles. The summed E-state index contributed by atoms with van der Waals surface area (Å²) in [4.78, 5) is 0. The molecule has 0 amide bonds. The minimum Gasteiger partial charge on any atom is -0.358 e. The predicted octanol–water partition coefficient (Wildman–Crippen LogP) is 15.2. The lowest BCUT2D eigenvalue weighted by Gasteiger charge is -2.13. The van der Waals surface area contributed by atoms with Crippen molar-refractivity contribution in [3.05, 3.63) is 122 Å². The van der Waals surface area contributed by atoms with Crippen LogP contribution in [0.4, 0.5) is 0 Å². The van der Waals surface area contributed by atoms with Crippen LogP contribution < -0.4 is 0 Å². The molecule has 14 heteroatoms. The molecule has 0 bridgehead atoms. The molecule has 0 aliphatic rings. The average molecular weight is 913 g/mol. The van der Waals surface area contributed by atoms with Gasteiger partial charge in [-0.1, -0.05) is 211 Å². The number of hydrogen-bond acceptors (Lipinski definition) is 5. The van der Waals surface area contributed by atoms with Crippen molar-refractivity contribution >= 4 is 79.2 Å². The van der Waals surface area contributed by atoms with Gasteiger partial charge in [-0.2, -0.15) is 0 Å². The Morgan fingerprint density at radius 1 is 0.500 bits per heavy atom. The monoisotopic (exact) mass is 912 g/mol. The Balaban J connectivity index is 0. The number of hydrogen-bond donors (Lipinski definition) is 0. The first kappa shape index (κ1) is 57.2. The lowest BCUT2D eigenvalue weighted by atomic mass is 10.1. The van der Waals surface area contributed by atoms with Crippen LogP contribution in [0.25, 0.3) is 0 Å². The van der Waals surface area contributed by atoms with E-state index in [4.69, 9.17) is 22.6 Å². The van der Waals surface area contributed by atoms with Crippen LogP contribution in [0, 0.1) is 0 Å². The highest BCUT2D eigenvalue weighted by Gasteiger charge is 2.04. The van der Waals surface area contributed by atoms with Crippen LogP contribution in [-0.4, -0.2) is 30.5 Å². The molecule has 0 saturated carbocycles. The number of allylic oxidation sites excluding steroid dienone is 14. The summed E-state index contributed by atoms with van der Waals surface area (Å²) in [5.74, 6) is 0. The Kier molecular flexibility index (Phi) is 49.5. The molecular formula is C40H73O5P9. The SMILES string of the molecule is CCCCC(/C=C/C=C/C/C=C\C/C=C\C=C\C(CC)OPP)OP.CCCCC(/C=C/C=C/C=C/C(C/C=C\C=C\C(CC)OP(P)P)OPP)OP. The first-order valence-electron chi connectivity index (χ1n) is 18.9. The fourth-order valence-corrected chi connectivity index (χ4v) is 8.00. The summed E-state index contributed by atoms with van der Waals surface area (Å²) >= 11 is 0. The second-order valence-electron chi connectivity index (χ2n) is 11.8. The zero-order valence-corrected chi connectivity index (χ0v) is 43.0. The molecule has 0 aromatic heterocycles. The van der Waals surface area contributed by atoms with Gasteiger partial charge in [-0.3, -0.25) is 0 Å². The van der Waals surface area contributed by atoms with E-state index < -0.39 is 7.53 Å². The van der Waals surface area contributed by atoms with Gasteiger partial charge < -0.3 is 22.6 Å². The van der Waals surface area contributed by atoms with Crippen molar-refractivity contribution in [3.8, 4) is 0 Å². The molecule has 0 radical (unpaired) electrons. The molecule has 13 atom stereocenters. The summed E-state index contributed by atoms with van der Waals surface area (Å²) in [5, 5.41) is 0. The Bertz CT molecular complexity index is 1120. The van der Waals surface area contributed by atoms with Crippen molar-refractivity contribution in [3.63, 3.8) is 0 Å². The van der Waals surface area contributed by atoms with Crippen LogP contribution in [0.2, 0.25) is 0 Å². The number of unbranched alkanes of at least 4 members (excludes halogenated alkanes) is 2. The lowest BCUT2D eigenvalue weighted by Crippen LogP contribution is -2.02. The van der Waals surface area contributed by atoms with Gasteiger partial charge in [0.25, 0.3) is 0 Å². The highest BCUT2D eigenvalue weighted by molar-refractivity contribution is 8.41. The molecular weight excluding hydrogens is 839 g/mol. The Morgan fingerprint density at radius 3 is 1.33 bits per heavy atom. The quantitative estimate of drug-likeness (QED) is 0.0382. The second-order valence-corrected chi connectivity index (χ2v) is 20.4. The van der Waals surface area contributed by atoms with Crippen molar-refractivity contribution in [2.24, 2.45) is 0 Å². The minimum absolute atomic E-state index is 0.0712. The van der Waals surface area contributed by atoms with E-state index >= 15 is 0 Å². The van der Waals surface area contributed by atoms with E-state index in [1.165, 1.54) is 25.7 Å². The van der Waals surface area contributed by atoms with Crippen LogP contribution in [0.5, 0.6) is 0 Å². The zero-order chi connectivity index (χ0) is 40.3. The minimum atomic E-state index is -0.497. The van der Waals surface area contributed by atoms with E-state index in [-0.39, 0.29) is 30.5 Å². The van der Waals surface area contributed by atoms with Gasteiger partial charge >= 0.3 is 0 Å². The standard InChI is InChI=1S/C20H38O3P6.C20H35O2P3/c1-3-5-13-19(21-24)15-9-6-7-10-16-20(22-28-25)17-12-8-11-14-18(4-2)23-29(26)27;1-3-5-16-20(21-23)18-15-13-11-9-7-6-8-10-12-14-17-19(4-2)22-25-24/h6-12,14-16,18-20,28H,3-5,13,17,24-27H2,1-2H3;6-7,10-15,17-20,25H,3-5,8-9,16,23-24H2,1-2H3/b7-6+,12-8-,14-11+,15-9+,16-10+;7-6-,12-10-,13-11+,17-14+,18-15+. The van der Waals surface area contributed by atoms with E-state index in [1.54, 1.807) is 0 Å². The molecule has 0 aromatic rings. The van der Waals surface area contributed by atoms with Crippen LogP contribution >= 0.6 is 79.2 Å². The lowest BCUT2D eigenvalue weighted by molar-refractivity contribution is 0.275. The predicted molar refractivity (Wildman–Crippen MR) is 271 cm³/mol. The van der Waals surface area contributed by atoms with Crippen LogP contribution in [0.3, 0.4) is 0 Å². The zero-order valence-electron chi connectivity index (χ0n) is 33.2. The Morgan fingerprint density at radius 2 is 0.907 bits per heavy atom. The van der Waals surface area contributed by atoms with Gasteiger partial charge in [0.15, 0.2) is 0 Å². The van der Waals surface area contributed by atoms with Crippen LogP contribution in [-0.2, 0) is 22.6 Å². The topological polar surface area (TPSA) is 46.2 Å². The fourth-order valence-electron chi connectivity index (χ4n) is 4.26. The normalized spacial score (nSPS) is 16.4. The third-order valence-corrected chi connectivity index (χ3v) is 11.0. The maximum Gasteiger partial charge on any atom is 0.0836 e. The molecule has 0 aliphatic carbocycles. The van der Waals surface area contributed by atoms with Crippen molar-refractivity contribution in [2.45, 2.75) is 129 Å². The van der Waals surface area contributed by atoms with Crippen molar-refractivity contribution in [2.75, 3.05) is 0 Å². The molecule has 308 valence electrons. The molecule has 0 saturated heterocycles. The van der Waals surface area contributed by atoms with Crippen molar-refractivity contribution in [1.29, 1.82) is 0 Å². The Labute approximate surface area is 350 Å². The average Bonchev–Trinajstić information content (AvgIpc) is 3.17. The van der Waals surface area contributed by atoms with Gasteiger partial charge in [0, 0.05) is 35.9 Å². The maximum atomic E-state index is 5.80. The largest absolute Gasteiger partial charge is 0.358 e. The molecule has 5 nitrogen and oxygen atoms in total. The van der Waals surface area contributed by atoms with Gasteiger partial charge in [0.05, 0.1) is 38.0 Å². The molecule has 0 aromatic carbocycles. The van der Waals surface area contributed by atoms with Crippen LogP contribution in [0.15, 0.2) is 122 Å². The highest BCUT2D eigenvalue weighted by atomic mass is 32.4. The van der Waals surface area contributed by atoms with E-state index in [1.807, 2.05) is 24.3 Å². The van der Waals surface area contributed by atoms with Gasteiger partial charge in [-0.25, -0.2) is 0 Å². The van der Waals surface area contributed by atoms with Gasteiger partial charge in [-0.05, 0) is 44.9 Å². The van der Waals surface area contributed by atoms with Crippen molar-refractivity contribution in [1.82, 2.24) is 0 Å². The second kappa shape index (κ2) is 46.8. The summed E-state index contributed by atoms with van der Waals surface area (Å²) in [6.07, 6.45) is 54.3. The van der Waals surface area contributed by atoms with E-state index in [2.05, 4.69) is 180 Å².